The van der Waals surface area contributed by atoms with E-state index < -0.39 is 5.92 Å². The Balaban J connectivity index is 1.41. The van der Waals surface area contributed by atoms with Crippen molar-refractivity contribution in [3.05, 3.63) is 65.9 Å². The third-order valence-corrected chi connectivity index (χ3v) is 4.46. The van der Waals surface area contributed by atoms with Gasteiger partial charge in [-0.25, -0.2) is 0 Å². The number of furan rings is 1. The van der Waals surface area contributed by atoms with Crippen LogP contribution in [-0.4, -0.2) is 18.4 Å². The molecule has 0 bridgehead atoms. The summed E-state index contributed by atoms with van der Waals surface area (Å²) in [4.78, 5) is 24.4. The molecule has 3 aromatic rings. The summed E-state index contributed by atoms with van der Waals surface area (Å²) in [6.45, 7) is 0.471. The van der Waals surface area contributed by atoms with Crippen LogP contribution in [0.2, 0.25) is 0 Å². The van der Waals surface area contributed by atoms with Gasteiger partial charge in [0, 0.05) is 30.5 Å². The van der Waals surface area contributed by atoms with E-state index in [1.54, 1.807) is 0 Å². The summed E-state index contributed by atoms with van der Waals surface area (Å²) < 4.78 is 5.75. The molecule has 0 spiro atoms. The first-order chi connectivity index (χ1) is 12.2. The van der Waals surface area contributed by atoms with Crippen molar-refractivity contribution in [3.8, 4) is 0 Å². The fraction of sp³-hybridized carbons (Fsp3) is 0.200. The van der Waals surface area contributed by atoms with Crippen LogP contribution in [0.4, 0.5) is 5.69 Å². The van der Waals surface area contributed by atoms with Crippen molar-refractivity contribution in [1.29, 1.82) is 0 Å². The number of para-hydroxylation sites is 2. The molecule has 126 valence electrons. The molecule has 0 fully saturated rings. The quantitative estimate of drug-likeness (QED) is 0.769. The highest BCUT2D eigenvalue weighted by Crippen LogP contribution is 2.32. The van der Waals surface area contributed by atoms with Gasteiger partial charge < -0.3 is 15.1 Å². The second-order valence-corrected chi connectivity index (χ2v) is 6.18. The molecule has 1 aliphatic heterocycles. The zero-order valence-electron chi connectivity index (χ0n) is 13.6. The summed E-state index contributed by atoms with van der Waals surface area (Å²) in [5.74, 6) is 0.137. The maximum atomic E-state index is 12.5. The molecule has 4 rings (SSSR count). The fourth-order valence-corrected chi connectivity index (χ4v) is 3.24. The minimum absolute atomic E-state index is 0.126. The maximum Gasteiger partial charge on any atom is 0.228 e. The third kappa shape index (κ3) is 3.13. The number of carbonyl (C=O) groups is 2. The minimum Gasteiger partial charge on any atom is -0.461 e. The van der Waals surface area contributed by atoms with Crippen molar-refractivity contribution in [1.82, 2.24) is 5.32 Å². The molecule has 5 nitrogen and oxygen atoms in total. The van der Waals surface area contributed by atoms with Gasteiger partial charge in [-0.05, 0) is 23.8 Å². The van der Waals surface area contributed by atoms with Crippen LogP contribution in [0, 0.1) is 0 Å². The monoisotopic (exact) mass is 334 g/mol. The van der Waals surface area contributed by atoms with Crippen LogP contribution in [-0.2, 0) is 16.0 Å². The van der Waals surface area contributed by atoms with E-state index in [1.165, 1.54) is 0 Å². The van der Waals surface area contributed by atoms with E-state index in [9.17, 15) is 9.59 Å². The zero-order chi connectivity index (χ0) is 17.2. The van der Waals surface area contributed by atoms with Crippen molar-refractivity contribution >= 4 is 28.5 Å². The van der Waals surface area contributed by atoms with E-state index in [4.69, 9.17) is 4.42 Å². The Morgan fingerprint density at radius 2 is 1.96 bits per heavy atom. The average molecular weight is 334 g/mol. The van der Waals surface area contributed by atoms with Gasteiger partial charge in [-0.2, -0.15) is 0 Å². The van der Waals surface area contributed by atoms with E-state index >= 15 is 0 Å². The smallest absolute Gasteiger partial charge is 0.228 e. The Bertz CT molecular complexity index is 912. The van der Waals surface area contributed by atoms with Crippen molar-refractivity contribution < 1.29 is 14.0 Å². The lowest BCUT2D eigenvalue weighted by molar-refractivity contribution is -0.126. The molecule has 25 heavy (non-hydrogen) atoms. The molecule has 2 aromatic carbocycles. The van der Waals surface area contributed by atoms with Crippen molar-refractivity contribution in [2.24, 2.45) is 0 Å². The molecule has 2 amide bonds. The number of anilines is 1. The van der Waals surface area contributed by atoms with E-state index in [-0.39, 0.29) is 18.2 Å². The van der Waals surface area contributed by atoms with Gasteiger partial charge >= 0.3 is 0 Å². The lowest BCUT2D eigenvalue weighted by Crippen LogP contribution is -2.35. The highest BCUT2D eigenvalue weighted by molar-refractivity contribution is 6.01. The van der Waals surface area contributed by atoms with Crippen LogP contribution in [0.25, 0.3) is 11.0 Å². The second-order valence-electron chi connectivity index (χ2n) is 6.18. The summed E-state index contributed by atoms with van der Waals surface area (Å²) in [5.41, 5.74) is 2.43. The number of nitrogens with one attached hydrogen (secondary N) is 2. The van der Waals surface area contributed by atoms with Crippen LogP contribution in [0.15, 0.2) is 59.0 Å². The Labute approximate surface area is 145 Å². The summed E-state index contributed by atoms with van der Waals surface area (Å²) in [6, 6.07) is 17.3. The zero-order valence-corrected chi connectivity index (χ0v) is 13.6. The Hall–Kier alpha value is -3.08. The van der Waals surface area contributed by atoms with Crippen LogP contribution in [0.3, 0.4) is 0 Å². The molecule has 1 atom stereocenters. The molecule has 5 heteroatoms. The van der Waals surface area contributed by atoms with Gasteiger partial charge in [0.2, 0.25) is 11.8 Å². The van der Waals surface area contributed by atoms with Crippen LogP contribution in [0.1, 0.15) is 23.7 Å². The molecule has 1 aromatic heterocycles. The van der Waals surface area contributed by atoms with Crippen molar-refractivity contribution in [2.75, 3.05) is 11.9 Å². The van der Waals surface area contributed by atoms with E-state index in [0.717, 1.165) is 28.0 Å². The van der Waals surface area contributed by atoms with Gasteiger partial charge in [0.15, 0.2) is 0 Å². The first kappa shape index (κ1) is 15.4. The molecule has 0 aliphatic carbocycles. The molecule has 0 radical (unpaired) electrons. The third-order valence-electron chi connectivity index (χ3n) is 4.46. The van der Waals surface area contributed by atoms with Gasteiger partial charge in [0.1, 0.15) is 11.3 Å². The molecule has 1 aliphatic rings. The maximum absolute atomic E-state index is 12.5. The lowest BCUT2D eigenvalue weighted by Gasteiger charge is -2.24. The van der Waals surface area contributed by atoms with E-state index in [1.807, 2.05) is 54.6 Å². The molecule has 2 heterocycles. The highest BCUT2D eigenvalue weighted by Gasteiger charge is 2.30. The Kier molecular flexibility index (Phi) is 3.98. The van der Waals surface area contributed by atoms with Gasteiger partial charge in [-0.15, -0.1) is 0 Å². The SMILES string of the molecule is O=C1C[C@@H](C(=O)NCCc2cc3ccccc3o2)c2ccccc2N1. The van der Waals surface area contributed by atoms with Gasteiger partial charge in [-0.3, -0.25) is 9.59 Å². The van der Waals surface area contributed by atoms with Gasteiger partial charge in [-0.1, -0.05) is 36.4 Å². The van der Waals surface area contributed by atoms with Crippen LogP contribution < -0.4 is 10.6 Å². The predicted molar refractivity (Wildman–Crippen MR) is 95.4 cm³/mol. The van der Waals surface area contributed by atoms with Gasteiger partial charge in [0.25, 0.3) is 0 Å². The predicted octanol–water partition coefficient (Wildman–Crippen LogP) is 3.22. The molecular weight excluding hydrogens is 316 g/mol. The number of amides is 2. The fourth-order valence-electron chi connectivity index (χ4n) is 3.24. The molecular formula is C20H18N2O3. The van der Waals surface area contributed by atoms with Gasteiger partial charge in [0.05, 0.1) is 5.92 Å². The van der Waals surface area contributed by atoms with Crippen molar-refractivity contribution in [2.45, 2.75) is 18.8 Å². The van der Waals surface area contributed by atoms with Crippen LogP contribution in [0.5, 0.6) is 0 Å². The number of carbonyl (C=O) groups excluding carboxylic acids is 2. The molecule has 0 saturated heterocycles. The standard InChI is InChI=1S/C20H18N2O3/c23-19-12-16(15-6-2-3-7-17(15)22-19)20(24)21-10-9-14-11-13-5-1-4-8-18(13)25-14/h1-8,11,16H,9-10,12H2,(H,21,24)(H,22,23)/t16-/m1/s1. The summed E-state index contributed by atoms with van der Waals surface area (Å²) in [6.07, 6.45) is 0.786. The van der Waals surface area contributed by atoms with Crippen LogP contribution >= 0.6 is 0 Å². The highest BCUT2D eigenvalue weighted by atomic mass is 16.3. The second kappa shape index (κ2) is 6.43. The topological polar surface area (TPSA) is 71.3 Å². The van der Waals surface area contributed by atoms with E-state index in [2.05, 4.69) is 10.6 Å². The lowest BCUT2D eigenvalue weighted by atomic mass is 9.90. The summed E-state index contributed by atoms with van der Waals surface area (Å²) >= 11 is 0. The molecule has 0 unspecified atom stereocenters. The first-order valence-corrected chi connectivity index (χ1v) is 8.34. The Morgan fingerprint density at radius 1 is 1.16 bits per heavy atom. The minimum atomic E-state index is -0.444. The molecule has 0 saturated carbocycles. The Morgan fingerprint density at radius 3 is 2.84 bits per heavy atom. The molecule has 2 N–H and O–H groups in total. The number of rotatable bonds is 4. The summed E-state index contributed by atoms with van der Waals surface area (Å²) in [5, 5.41) is 6.79. The number of benzene rings is 2. The average Bonchev–Trinajstić information content (AvgIpc) is 3.03. The number of fused-ring (bicyclic) bond motifs is 2. The first-order valence-electron chi connectivity index (χ1n) is 8.34. The summed E-state index contributed by atoms with van der Waals surface area (Å²) in [7, 11) is 0. The van der Waals surface area contributed by atoms with Crippen molar-refractivity contribution in [3.63, 3.8) is 0 Å². The number of hydrogen-bond donors (Lipinski definition) is 2. The normalized spacial score (nSPS) is 16.3. The largest absolute Gasteiger partial charge is 0.461 e. The van der Waals surface area contributed by atoms with E-state index in [0.29, 0.717) is 13.0 Å². The number of hydrogen-bond acceptors (Lipinski definition) is 3.